The predicted octanol–water partition coefficient (Wildman–Crippen LogP) is 4.46. The zero-order valence-electron chi connectivity index (χ0n) is 11.9. The van der Waals surface area contributed by atoms with Crippen LogP contribution >= 0.6 is 0 Å². The summed E-state index contributed by atoms with van der Waals surface area (Å²) in [7, 11) is 1.80. The third-order valence-electron chi connectivity index (χ3n) is 3.39. The Morgan fingerprint density at radius 1 is 1.00 bits per heavy atom. The molecule has 1 aromatic carbocycles. The molecule has 0 unspecified atom stereocenters. The van der Waals surface area contributed by atoms with Crippen LogP contribution in [0.3, 0.4) is 0 Å². The van der Waals surface area contributed by atoms with Gasteiger partial charge in [-0.1, -0.05) is 44.2 Å². The molecular weight excluding hydrogens is 208 g/mol. The minimum absolute atomic E-state index is 0.0276. The van der Waals surface area contributed by atoms with Crippen molar-refractivity contribution in [1.29, 1.82) is 0 Å². The number of hydrogen-bond donors (Lipinski definition) is 0. The van der Waals surface area contributed by atoms with Crippen LogP contribution in [0.1, 0.15) is 46.1 Å². The Bertz CT molecular complexity index is 325. The molecule has 0 atom stereocenters. The van der Waals surface area contributed by atoms with Crippen molar-refractivity contribution in [1.82, 2.24) is 0 Å². The smallest absolute Gasteiger partial charge is 0.0627 e. The first-order chi connectivity index (χ1) is 7.85. The van der Waals surface area contributed by atoms with Crippen molar-refractivity contribution >= 4 is 0 Å². The van der Waals surface area contributed by atoms with Crippen LogP contribution in [0.25, 0.3) is 0 Å². The number of ether oxygens (including phenoxy) is 1. The topological polar surface area (TPSA) is 9.23 Å². The molecule has 0 saturated heterocycles. The Morgan fingerprint density at radius 3 is 2.12 bits per heavy atom. The van der Waals surface area contributed by atoms with Crippen LogP contribution in [-0.4, -0.2) is 12.7 Å². The summed E-state index contributed by atoms with van der Waals surface area (Å²) in [5.41, 5.74) is 1.71. The van der Waals surface area contributed by atoms with Gasteiger partial charge in [-0.25, -0.2) is 0 Å². The van der Waals surface area contributed by atoms with Crippen molar-refractivity contribution in [3.8, 4) is 0 Å². The fourth-order valence-electron chi connectivity index (χ4n) is 2.44. The van der Waals surface area contributed by atoms with Gasteiger partial charge in [0.15, 0.2) is 0 Å². The van der Waals surface area contributed by atoms with Crippen LogP contribution in [0, 0.1) is 5.41 Å². The van der Waals surface area contributed by atoms with Crippen molar-refractivity contribution < 1.29 is 4.74 Å². The maximum Gasteiger partial charge on any atom is 0.0627 e. The third-order valence-corrected chi connectivity index (χ3v) is 3.39. The van der Waals surface area contributed by atoms with Gasteiger partial charge in [-0.15, -0.1) is 0 Å². The van der Waals surface area contributed by atoms with Gasteiger partial charge in [0.25, 0.3) is 0 Å². The number of rotatable bonds is 6. The summed E-state index contributed by atoms with van der Waals surface area (Å²) in [5, 5.41) is 0. The molecule has 0 amide bonds. The summed E-state index contributed by atoms with van der Waals surface area (Å²) in [5.74, 6) is 0. The molecule has 0 aromatic heterocycles. The lowest BCUT2D eigenvalue weighted by Crippen LogP contribution is -2.30. The number of aryl methyl sites for hydroxylation is 1. The Kier molecular flexibility index (Phi) is 4.76. The molecule has 1 heteroatoms. The molecule has 0 spiro atoms. The lowest BCUT2D eigenvalue weighted by atomic mass is 9.77. The van der Waals surface area contributed by atoms with Crippen molar-refractivity contribution in [2.24, 2.45) is 5.41 Å². The summed E-state index contributed by atoms with van der Waals surface area (Å²) < 4.78 is 5.53. The molecule has 1 rings (SSSR count). The van der Waals surface area contributed by atoms with Gasteiger partial charge in [0.05, 0.1) is 5.60 Å². The van der Waals surface area contributed by atoms with Crippen LogP contribution in [0.2, 0.25) is 0 Å². The van der Waals surface area contributed by atoms with E-state index in [-0.39, 0.29) is 5.60 Å². The molecule has 96 valence electrons. The Hall–Kier alpha value is -0.820. The van der Waals surface area contributed by atoms with E-state index in [4.69, 9.17) is 4.74 Å². The average Bonchev–Trinajstić information content (AvgIpc) is 2.27. The number of benzene rings is 1. The van der Waals surface area contributed by atoms with E-state index >= 15 is 0 Å². The maximum absolute atomic E-state index is 5.53. The minimum Gasteiger partial charge on any atom is -0.379 e. The van der Waals surface area contributed by atoms with Crippen molar-refractivity contribution in [2.75, 3.05) is 7.11 Å². The van der Waals surface area contributed by atoms with E-state index < -0.39 is 0 Å². The van der Waals surface area contributed by atoms with E-state index in [2.05, 4.69) is 58.0 Å². The second kappa shape index (κ2) is 5.68. The molecule has 0 aliphatic heterocycles. The summed E-state index contributed by atoms with van der Waals surface area (Å²) in [4.78, 5) is 0. The van der Waals surface area contributed by atoms with E-state index in [1.807, 2.05) is 0 Å². The lowest BCUT2D eigenvalue weighted by Gasteiger charge is -2.34. The van der Waals surface area contributed by atoms with Crippen molar-refractivity contribution in [2.45, 2.75) is 52.6 Å². The molecule has 1 aromatic rings. The molecule has 0 fully saturated rings. The van der Waals surface area contributed by atoms with Crippen LogP contribution in [-0.2, 0) is 11.2 Å². The van der Waals surface area contributed by atoms with Crippen LogP contribution < -0.4 is 0 Å². The summed E-state index contributed by atoms with van der Waals surface area (Å²) in [6.45, 7) is 8.99. The van der Waals surface area contributed by atoms with E-state index in [0.717, 1.165) is 12.8 Å². The zero-order valence-corrected chi connectivity index (χ0v) is 11.9. The lowest BCUT2D eigenvalue weighted by molar-refractivity contribution is -0.0145. The van der Waals surface area contributed by atoms with Gasteiger partial charge in [-0.05, 0) is 44.1 Å². The second-order valence-corrected chi connectivity index (χ2v) is 6.29. The molecule has 0 radical (unpaired) electrons. The molecule has 17 heavy (non-hydrogen) atoms. The Balaban J connectivity index is 2.50. The maximum atomic E-state index is 5.53. The molecule has 0 aliphatic carbocycles. The van der Waals surface area contributed by atoms with Gasteiger partial charge in [0, 0.05) is 7.11 Å². The van der Waals surface area contributed by atoms with Gasteiger partial charge in [-0.2, -0.15) is 0 Å². The molecule has 0 saturated carbocycles. The first-order valence-electron chi connectivity index (χ1n) is 6.44. The fourth-order valence-corrected chi connectivity index (χ4v) is 2.44. The zero-order chi connectivity index (χ0) is 12.9. The highest BCUT2D eigenvalue weighted by Gasteiger charge is 2.28. The number of hydrogen-bond acceptors (Lipinski definition) is 1. The van der Waals surface area contributed by atoms with Crippen molar-refractivity contribution in [3.63, 3.8) is 0 Å². The summed E-state index contributed by atoms with van der Waals surface area (Å²) in [6.07, 6.45) is 3.43. The van der Waals surface area contributed by atoms with Gasteiger partial charge >= 0.3 is 0 Å². The van der Waals surface area contributed by atoms with E-state index in [9.17, 15) is 0 Å². The Morgan fingerprint density at radius 2 is 1.59 bits per heavy atom. The summed E-state index contributed by atoms with van der Waals surface area (Å²) in [6, 6.07) is 10.7. The number of methoxy groups -OCH3 is 1. The van der Waals surface area contributed by atoms with E-state index in [1.54, 1.807) is 7.11 Å². The third kappa shape index (κ3) is 5.36. The Labute approximate surface area is 106 Å². The van der Waals surface area contributed by atoms with Crippen LogP contribution in [0.5, 0.6) is 0 Å². The van der Waals surface area contributed by atoms with Crippen molar-refractivity contribution in [3.05, 3.63) is 35.9 Å². The molecule has 0 bridgehead atoms. The SMILES string of the molecule is COC(C)(C)CC(C)(C)CCc1ccccc1. The predicted molar refractivity (Wildman–Crippen MR) is 74.2 cm³/mol. The quantitative estimate of drug-likeness (QED) is 0.706. The first-order valence-corrected chi connectivity index (χ1v) is 6.44. The van der Waals surface area contributed by atoms with Gasteiger partial charge in [0.1, 0.15) is 0 Å². The fraction of sp³-hybridized carbons (Fsp3) is 0.625. The molecular formula is C16H26O. The van der Waals surface area contributed by atoms with E-state index in [1.165, 1.54) is 12.0 Å². The minimum atomic E-state index is -0.0276. The largest absolute Gasteiger partial charge is 0.379 e. The van der Waals surface area contributed by atoms with Gasteiger partial charge < -0.3 is 4.74 Å². The second-order valence-electron chi connectivity index (χ2n) is 6.29. The van der Waals surface area contributed by atoms with Crippen LogP contribution in [0.15, 0.2) is 30.3 Å². The van der Waals surface area contributed by atoms with Crippen LogP contribution in [0.4, 0.5) is 0 Å². The molecule has 1 nitrogen and oxygen atoms in total. The normalized spacial score (nSPS) is 12.8. The molecule has 0 N–H and O–H groups in total. The summed E-state index contributed by atoms with van der Waals surface area (Å²) >= 11 is 0. The van der Waals surface area contributed by atoms with Gasteiger partial charge in [-0.3, -0.25) is 0 Å². The standard InChI is InChI=1S/C16H26O/c1-15(2,13-16(3,4)17-5)12-11-14-9-7-6-8-10-14/h6-10H,11-13H2,1-5H3. The monoisotopic (exact) mass is 234 g/mol. The van der Waals surface area contributed by atoms with Gasteiger partial charge in [0.2, 0.25) is 0 Å². The first kappa shape index (κ1) is 14.2. The highest BCUT2D eigenvalue weighted by Crippen LogP contribution is 2.33. The molecule has 0 aliphatic rings. The molecule has 0 heterocycles. The highest BCUT2D eigenvalue weighted by molar-refractivity contribution is 5.14. The highest BCUT2D eigenvalue weighted by atomic mass is 16.5. The average molecular weight is 234 g/mol. The van der Waals surface area contributed by atoms with E-state index in [0.29, 0.717) is 5.41 Å².